The number of hydrogen-bond acceptors (Lipinski definition) is 4. The first-order chi connectivity index (χ1) is 11.0. The van der Waals surface area contributed by atoms with E-state index in [0.29, 0.717) is 13.2 Å². The minimum Gasteiger partial charge on any atom is -0.463 e. The Morgan fingerprint density at radius 2 is 2.04 bits per heavy atom. The second kappa shape index (κ2) is 10.7. The molecule has 0 saturated carbocycles. The van der Waals surface area contributed by atoms with Crippen molar-refractivity contribution < 1.29 is 23.6 Å². The van der Waals surface area contributed by atoms with E-state index in [-0.39, 0.29) is 18.2 Å². The van der Waals surface area contributed by atoms with Gasteiger partial charge in [-0.15, -0.1) is 0 Å². The SMILES string of the molecule is COCCOC(=NCCC[NH+](C)C)NC(=O)c1ccccc1F. The fraction of sp³-hybridized carbons (Fsp3) is 0.500. The number of amides is 1. The third-order valence-corrected chi connectivity index (χ3v) is 2.96. The van der Waals surface area contributed by atoms with Crippen LogP contribution in [-0.2, 0) is 9.47 Å². The molecule has 0 spiro atoms. The van der Waals surface area contributed by atoms with Crippen LogP contribution in [0, 0.1) is 5.82 Å². The summed E-state index contributed by atoms with van der Waals surface area (Å²) in [6, 6.07) is 5.86. The maximum atomic E-state index is 13.6. The predicted octanol–water partition coefficient (Wildman–Crippen LogP) is 0.109. The summed E-state index contributed by atoms with van der Waals surface area (Å²) in [5.74, 6) is -1.17. The van der Waals surface area contributed by atoms with Gasteiger partial charge in [0.2, 0.25) is 0 Å². The Balaban J connectivity index is 2.65. The Kier molecular flexibility index (Phi) is 8.86. The second-order valence-electron chi connectivity index (χ2n) is 5.27. The standard InChI is InChI=1S/C16H24FN3O3/c1-20(2)10-6-9-18-16(23-12-11-22-3)19-15(21)13-7-4-5-8-14(13)17/h4-5,7-8H,6,9-12H2,1-3H3,(H,18,19,21)/p+1. The number of rotatable bonds is 8. The van der Waals surface area contributed by atoms with Crippen LogP contribution in [0.2, 0.25) is 0 Å². The Labute approximate surface area is 136 Å². The van der Waals surface area contributed by atoms with E-state index in [2.05, 4.69) is 24.4 Å². The Morgan fingerprint density at radius 3 is 2.70 bits per heavy atom. The quantitative estimate of drug-likeness (QED) is 0.405. The molecule has 0 radical (unpaired) electrons. The van der Waals surface area contributed by atoms with Gasteiger partial charge >= 0.3 is 0 Å². The molecule has 6 nitrogen and oxygen atoms in total. The molecule has 0 bridgehead atoms. The molecule has 7 heteroatoms. The Hall–Kier alpha value is -1.99. The molecule has 0 aliphatic rings. The molecule has 23 heavy (non-hydrogen) atoms. The van der Waals surface area contributed by atoms with E-state index in [1.165, 1.54) is 23.1 Å². The highest BCUT2D eigenvalue weighted by molar-refractivity contribution is 6.04. The van der Waals surface area contributed by atoms with E-state index in [9.17, 15) is 9.18 Å². The van der Waals surface area contributed by atoms with Crippen molar-refractivity contribution in [1.29, 1.82) is 0 Å². The number of aliphatic imine (C=N–C) groups is 1. The van der Waals surface area contributed by atoms with Gasteiger partial charge in [-0.2, -0.15) is 0 Å². The van der Waals surface area contributed by atoms with Crippen LogP contribution in [0.4, 0.5) is 4.39 Å². The van der Waals surface area contributed by atoms with E-state index in [0.717, 1.165) is 13.0 Å². The molecular weight excluding hydrogens is 301 g/mol. The Bertz CT molecular complexity index is 521. The maximum absolute atomic E-state index is 13.6. The lowest BCUT2D eigenvalue weighted by Gasteiger charge is -2.11. The van der Waals surface area contributed by atoms with Crippen LogP contribution in [0.3, 0.4) is 0 Å². The van der Waals surface area contributed by atoms with Gasteiger partial charge in [0.25, 0.3) is 11.9 Å². The smallest absolute Gasteiger partial charge is 0.291 e. The molecule has 0 saturated heterocycles. The number of nitrogens with one attached hydrogen (secondary N) is 2. The summed E-state index contributed by atoms with van der Waals surface area (Å²) in [7, 11) is 5.66. The first kappa shape index (κ1) is 19.1. The van der Waals surface area contributed by atoms with Gasteiger partial charge in [0, 0.05) is 20.1 Å². The van der Waals surface area contributed by atoms with Gasteiger partial charge in [-0.05, 0) is 12.1 Å². The molecule has 0 atom stereocenters. The molecule has 1 amide bonds. The monoisotopic (exact) mass is 326 g/mol. The molecule has 0 fully saturated rings. The van der Waals surface area contributed by atoms with Crippen molar-refractivity contribution >= 4 is 11.9 Å². The number of hydrogen-bond donors (Lipinski definition) is 2. The number of carbonyl (C=O) groups excluding carboxylic acids is 1. The zero-order valence-electron chi connectivity index (χ0n) is 13.9. The van der Waals surface area contributed by atoms with Gasteiger partial charge in [-0.3, -0.25) is 10.1 Å². The number of nitrogens with zero attached hydrogens (tertiary/aromatic N) is 1. The summed E-state index contributed by atoms with van der Waals surface area (Å²) >= 11 is 0. The number of ether oxygens (including phenoxy) is 2. The van der Waals surface area contributed by atoms with Crippen LogP contribution in [0.5, 0.6) is 0 Å². The zero-order valence-corrected chi connectivity index (χ0v) is 13.9. The highest BCUT2D eigenvalue weighted by atomic mass is 19.1. The molecule has 1 aromatic rings. The first-order valence-electron chi connectivity index (χ1n) is 7.55. The predicted molar refractivity (Wildman–Crippen MR) is 86.3 cm³/mol. The van der Waals surface area contributed by atoms with Gasteiger partial charge in [0.05, 0.1) is 32.8 Å². The van der Waals surface area contributed by atoms with Crippen LogP contribution in [0.15, 0.2) is 29.3 Å². The number of carbonyl (C=O) groups is 1. The van der Waals surface area contributed by atoms with Crippen molar-refractivity contribution in [1.82, 2.24) is 5.32 Å². The second-order valence-corrected chi connectivity index (χ2v) is 5.27. The lowest BCUT2D eigenvalue weighted by atomic mass is 10.2. The molecule has 128 valence electrons. The minimum absolute atomic E-state index is 0.0479. The molecule has 0 unspecified atom stereocenters. The molecule has 0 aliphatic heterocycles. The van der Waals surface area contributed by atoms with Crippen molar-refractivity contribution in [3.8, 4) is 0 Å². The number of quaternary nitrogens is 1. The van der Waals surface area contributed by atoms with Crippen LogP contribution in [0.25, 0.3) is 0 Å². The Morgan fingerprint density at radius 1 is 1.30 bits per heavy atom. The van der Waals surface area contributed by atoms with Crippen molar-refractivity contribution in [2.24, 2.45) is 4.99 Å². The van der Waals surface area contributed by atoms with E-state index in [1.54, 1.807) is 13.2 Å². The number of benzene rings is 1. The molecular formula is C16H25FN3O3+. The molecule has 2 N–H and O–H groups in total. The van der Waals surface area contributed by atoms with Crippen molar-refractivity contribution in [3.05, 3.63) is 35.6 Å². The lowest BCUT2D eigenvalue weighted by Crippen LogP contribution is -3.05. The fourth-order valence-corrected chi connectivity index (χ4v) is 1.77. The number of halogens is 1. The molecule has 1 rings (SSSR count). The fourth-order valence-electron chi connectivity index (χ4n) is 1.77. The molecule has 0 heterocycles. The first-order valence-corrected chi connectivity index (χ1v) is 7.55. The van der Waals surface area contributed by atoms with E-state index in [1.807, 2.05) is 0 Å². The highest BCUT2D eigenvalue weighted by Gasteiger charge is 2.13. The van der Waals surface area contributed by atoms with Crippen LogP contribution >= 0.6 is 0 Å². The van der Waals surface area contributed by atoms with Crippen LogP contribution in [0.1, 0.15) is 16.8 Å². The topological polar surface area (TPSA) is 64.4 Å². The van der Waals surface area contributed by atoms with Gasteiger partial charge in [0.15, 0.2) is 0 Å². The third kappa shape index (κ3) is 7.71. The van der Waals surface area contributed by atoms with E-state index in [4.69, 9.17) is 9.47 Å². The average Bonchev–Trinajstić information content (AvgIpc) is 2.51. The summed E-state index contributed by atoms with van der Waals surface area (Å²) in [5, 5.41) is 2.51. The van der Waals surface area contributed by atoms with Crippen LogP contribution in [-0.4, -0.2) is 59.4 Å². The van der Waals surface area contributed by atoms with Crippen molar-refractivity contribution in [3.63, 3.8) is 0 Å². The summed E-state index contributed by atoms with van der Waals surface area (Å²) in [6.07, 6.45) is 0.856. The summed E-state index contributed by atoms with van der Waals surface area (Å²) in [6.45, 7) is 2.10. The molecule has 0 aliphatic carbocycles. The summed E-state index contributed by atoms with van der Waals surface area (Å²) in [4.78, 5) is 17.7. The zero-order chi connectivity index (χ0) is 17.1. The lowest BCUT2D eigenvalue weighted by molar-refractivity contribution is -0.858. The van der Waals surface area contributed by atoms with Gasteiger partial charge in [0.1, 0.15) is 12.4 Å². The average molecular weight is 326 g/mol. The van der Waals surface area contributed by atoms with Gasteiger partial charge < -0.3 is 14.4 Å². The molecule has 1 aromatic carbocycles. The van der Waals surface area contributed by atoms with Gasteiger partial charge in [-0.1, -0.05) is 12.1 Å². The number of methoxy groups -OCH3 is 1. The van der Waals surface area contributed by atoms with Crippen molar-refractivity contribution in [2.75, 3.05) is 47.5 Å². The van der Waals surface area contributed by atoms with E-state index < -0.39 is 11.7 Å². The minimum atomic E-state index is -0.586. The van der Waals surface area contributed by atoms with Crippen molar-refractivity contribution in [2.45, 2.75) is 6.42 Å². The largest absolute Gasteiger partial charge is 0.463 e. The normalized spacial score (nSPS) is 11.6. The maximum Gasteiger partial charge on any atom is 0.291 e. The summed E-state index contributed by atoms with van der Waals surface area (Å²) < 4.78 is 23.9. The number of amidine groups is 1. The molecule has 0 aromatic heterocycles. The van der Waals surface area contributed by atoms with Crippen LogP contribution < -0.4 is 10.2 Å². The third-order valence-electron chi connectivity index (χ3n) is 2.96. The highest BCUT2D eigenvalue weighted by Crippen LogP contribution is 2.05. The van der Waals surface area contributed by atoms with Gasteiger partial charge in [-0.25, -0.2) is 9.38 Å². The van der Waals surface area contributed by atoms with E-state index >= 15 is 0 Å². The summed E-state index contributed by atoms with van der Waals surface area (Å²) in [5.41, 5.74) is -0.0479.